The van der Waals surface area contributed by atoms with E-state index in [1.54, 1.807) is 24.1 Å². The summed E-state index contributed by atoms with van der Waals surface area (Å²) in [7, 11) is 1.69. The first-order chi connectivity index (χ1) is 15.3. The number of rotatable bonds is 5. The number of anilines is 3. The first-order valence-corrected chi connectivity index (χ1v) is 10.7. The summed E-state index contributed by atoms with van der Waals surface area (Å²) in [6.07, 6.45) is 1.44. The summed E-state index contributed by atoms with van der Waals surface area (Å²) in [5, 5.41) is 5.73. The Labute approximate surface area is 184 Å². The highest BCUT2D eigenvalue weighted by Crippen LogP contribution is 2.33. The summed E-state index contributed by atoms with van der Waals surface area (Å²) < 4.78 is 41.1. The van der Waals surface area contributed by atoms with Crippen molar-refractivity contribution in [3.05, 3.63) is 35.8 Å². The van der Waals surface area contributed by atoms with Gasteiger partial charge in [0.25, 0.3) is 5.91 Å². The summed E-state index contributed by atoms with van der Waals surface area (Å²) >= 11 is 0. The third-order valence-corrected chi connectivity index (χ3v) is 5.92. The Hall–Kier alpha value is -2.95. The predicted molar refractivity (Wildman–Crippen MR) is 115 cm³/mol. The van der Waals surface area contributed by atoms with Crippen molar-refractivity contribution in [3.8, 4) is 0 Å². The lowest BCUT2D eigenvalue weighted by Gasteiger charge is -2.28. The number of pyridine rings is 1. The molecule has 0 bridgehead atoms. The van der Waals surface area contributed by atoms with Gasteiger partial charge in [0, 0.05) is 45.5 Å². The minimum atomic E-state index is -4.79. The van der Waals surface area contributed by atoms with Gasteiger partial charge in [0.1, 0.15) is 5.82 Å². The number of halogens is 3. The molecule has 2 aromatic rings. The molecular weight excluding hydrogens is 423 g/mol. The fourth-order valence-corrected chi connectivity index (χ4v) is 4.12. The van der Waals surface area contributed by atoms with Crippen LogP contribution in [0.5, 0.6) is 0 Å². The van der Waals surface area contributed by atoms with Crippen molar-refractivity contribution in [2.45, 2.75) is 37.9 Å². The van der Waals surface area contributed by atoms with Crippen molar-refractivity contribution < 1.29 is 18.0 Å². The number of aromatic nitrogens is 3. The van der Waals surface area contributed by atoms with Crippen LogP contribution in [-0.4, -0.2) is 60.1 Å². The van der Waals surface area contributed by atoms with Gasteiger partial charge < -0.3 is 20.4 Å². The molecule has 8 nitrogen and oxygen atoms in total. The molecule has 0 unspecified atom stereocenters. The second-order valence-electron chi connectivity index (χ2n) is 8.08. The summed E-state index contributed by atoms with van der Waals surface area (Å²) in [5.41, 5.74) is -1.56. The largest absolute Gasteiger partial charge is 0.434 e. The molecule has 32 heavy (non-hydrogen) atoms. The fourth-order valence-electron chi connectivity index (χ4n) is 4.12. The first-order valence-electron chi connectivity index (χ1n) is 10.7. The van der Waals surface area contributed by atoms with E-state index in [0.717, 1.165) is 63.9 Å². The highest BCUT2D eigenvalue weighted by molar-refractivity contribution is 6.05. The van der Waals surface area contributed by atoms with Gasteiger partial charge in [-0.2, -0.15) is 13.2 Å². The van der Waals surface area contributed by atoms with Crippen LogP contribution in [0.1, 0.15) is 41.7 Å². The molecule has 0 atom stereocenters. The second-order valence-corrected chi connectivity index (χ2v) is 8.08. The first kappa shape index (κ1) is 22.3. The molecule has 2 aromatic heterocycles. The molecule has 1 saturated heterocycles. The van der Waals surface area contributed by atoms with Gasteiger partial charge in [-0.05, 0) is 25.0 Å². The van der Waals surface area contributed by atoms with Crippen LogP contribution >= 0.6 is 0 Å². The quantitative estimate of drug-likeness (QED) is 0.726. The minimum absolute atomic E-state index is 0.0252. The number of hydrogen-bond donors (Lipinski definition) is 2. The SMILES string of the molecule is CN(c1ncc(C(=O)Nc2ccc(N3CCNCC3)nc2)c(C(F)(F)F)n1)C1CCCC1. The van der Waals surface area contributed by atoms with Crippen molar-refractivity contribution >= 4 is 23.4 Å². The van der Waals surface area contributed by atoms with E-state index < -0.39 is 23.3 Å². The van der Waals surface area contributed by atoms with Crippen LogP contribution < -0.4 is 20.4 Å². The van der Waals surface area contributed by atoms with Crippen molar-refractivity contribution in [2.75, 3.05) is 48.3 Å². The number of carbonyl (C=O) groups is 1. The van der Waals surface area contributed by atoms with E-state index in [-0.39, 0.29) is 12.0 Å². The maximum atomic E-state index is 13.7. The van der Waals surface area contributed by atoms with Gasteiger partial charge in [0.15, 0.2) is 5.69 Å². The minimum Gasteiger partial charge on any atom is -0.354 e. The van der Waals surface area contributed by atoms with Gasteiger partial charge in [-0.15, -0.1) is 0 Å². The molecule has 1 aliphatic carbocycles. The van der Waals surface area contributed by atoms with Crippen molar-refractivity contribution in [1.29, 1.82) is 0 Å². The van der Waals surface area contributed by atoms with E-state index in [9.17, 15) is 18.0 Å². The molecule has 0 spiro atoms. The standard InChI is InChI=1S/C21H26F3N7O/c1-30(15-4-2-3-5-15)20-27-13-16(18(29-20)21(22,23)24)19(32)28-14-6-7-17(26-12-14)31-10-8-25-9-11-31/h6-7,12-13,15,25H,2-5,8-11H2,1H3,(H,28,32). The Morgan fingerprint density at radius 3 is 2.50 bits per heavy atom. The monoisotopic (exact) mass is 449 g/mol. The molecule has 172 valence electrons. The molecule has 0 aromatic carbocycles. The van der Waals surface area contributed by atoms with Gasteiger partial charge in [-0.1, -0.05) is 12.8 Å². The topological polar surface area (TPSA) is 86.3 Å². The normalized spacial score (nSPS) is 17.4. The Morgan fingerprint density at radius 2 is 1.88 bits per heavy atom. The van der Waals surface area contributed by atoms with Gasteiger partial charge in [-0.3, -0.25) is 4.79 Å². The van der Waals surface area contributed by atoms with Gasteiger partial charge >= 0.3 is 6.18 Å². The lowest BCUT2D eigenvalue weighted by molar-refractivity contribution is -0.141. The van der Waals surface area contributed by atoms with Crippen LogP contribution in [0.2, 0.25) is 0 Å². The maximum Gasteiger partial charge on any atom is 0.434 e. The van der Waals surface area contributed by atoms with Gasteiger partial charge in [-0.25, -0.2) is 15.0 Å². The lowest BCUT2D eigenvalue weighted by Crippen LogP contribution is -2.43. The smallest absolute Gasteiger partial charge is 0.354 e. The van der Waals surface area contributed by atoms with Crippen molar-refractivity contribution in [3.63, 3.8) is 0 Å². The molecule has 3 heterocycles. The maximum absolute atomic E-state index is 13.7. The number of nitrogens with zero attached hydrogens (tertiary/aromatic N) is 5. The number of alkyl halides is 3. The third kappa shape index (κ3) is 4.93. The number of nitrogens with one attached hydrogen (secondary N) is 2. The van der Waals surface area contributed by atoms with Gasteiger partial charge in [0.05, 0.1) is 17.4 Å². The van der Waals surface area contributed by atoms with Crippen LogP contribution in [-0.2, 0) is 6.18 Å². The zero-order valence-corrected chi connectivity index (χ0v) is 17.8. The average molecular weight is 449 g/mol. The van der Waals surface area contributed by atoms with Crippen molar-refractivity contribution in [2.24, 2.45) is 0 Å². The molecule has 1 amide bonds. The zero-order chi connectivity index (χ0) is 22.7. The van der Waals surface area contributed by atoms with E-state index in [0.29, 0.717) is 5.69 Å². The third-order valence-electron chi connectivity index (χ3n) is 5.92. The van der Waals surface area contributed by atoms with E-state index in [1.807, 2.05) is 0 Å². The highest BCUT2D eigenvalue weighted by Gasteiger charge is 2.39. The molecule has 0 radical (unpaired) electrons. The average Bonchev–Trinajstić information content (AvgIpc) is 3.34. The van der Waals surface area contributed by atoms with Gasteiger partial charge in [0.2, 0.25) is 5.95 Å². The van der Waals surface area contributed by atoms with Crippen LogP contribution in [0.15, 0.2) is 24.5 Å². The van der Waals surface area contributed by atoms with Crippen molar-refractivity contribution in [1.82, 2.24) is 20.3 Å². The van der Waals surface area contributed by atoms with Crippen LogP contribution in [0.25, 0.3) is 0 Å². The number of carbonyl (C=O) groups excluding carboxylic acids is 1. The molecule has 4 rings (SSSR count). The zero-order valence-electron chi connectivity index (χ0n) is 17.8. The number of piperazine rings is 1. The summed E-state index contributed by atoms with van der Waals surface area (Å²) in [6, 6.07) is 3.47. The Kier molecular flexibility index (Phi) is 6.45. The van der Waals surface area contributed by atoms with E-state index in [2.05, 4.69) is 30.5 Å². The highest BCUT2D eigenvalue weighted by atomic mass is 19.4. The summed E-state index contributed by atoms with van der Waals surface area (Å²) in [4.78, 5) is 28.5. The summed E-state index contributed by atoms with van der Waals surface area (Å²) in [6.45, 7) is 3.33. The summed E-state index contributed by atoms with van der Waals surface area (Å²) in [5.74, 6) is -0.199. The number of amides is 1. The van der Waals surface area contributed by atoms with Crippen LogP contribution in [0.4, 0.5) is 30.6 Å². The Balaban J connectivity index is 1.52. The predicted octanol–water partition coefficient (Wildman–Crippen LogP) is 2.93. The molecule has 2 fully saturated rings. The van der Waals surface area contributed by atoms with Crippen LogP contribution in [0, 0.1) is 0 Å². The molecular formula is C21H26F3N7O. The fraction of sp³-hybridized carbons (Fsp3) is 0.524. The molecule has 1 saturated carbocycles. The van der Waals surface area contributed by atoms with Crippen LogP contribution in [0.3, 0.4) is 0 Å². The second kappa shape index (κ2) is 9.27. The van der Waals surface area contributed by atoms with E-state index >= 15 is 0 Å². The molecule has 2 N–H and O–H groups in total. The molecule has 1 aliphatic heterocycles. The Bertz CT molecular complexity index is 939. The lowest BCUT2D eigenvalue weighted by atomic mass is 10.2. The van der Waals surface area contributed by atoms with E-state index in [4.69, 9.17) is 0 Å². The number of hydrogen-bond acceptors (Lipinski definition) is 7. The Morgan fingerprint density at radius 1 is 1.16 bits per heavy atom. The molecule has 11 heteroatoms. The van der Waals surface area contributed by atoms with E-state index in [1.165, 1.54) is 6.20 Å². The molecule has 2 aliphatic rings.